The van der Waals surface area contributed by atoms with Crippen LogP contribution < -0.4 is 5.32 Å². The number of hydrogen-bond donors (Lipinski definition) is 2. The molecule has 0 aliphatic rings. The second-order valence-electron chi connectivity index (χ2n) is 4.29. The fourth-order valence-corrected chi connectivity index (χ4v) is 2.32. The molecule has 1 atom stereocenters. The highest BCUT2D eigenvalue weighted by molar-refractivity contribution is 9.10. The summed E-state index contributed by atoms with van der Waals surface area (Å²) >= 11 is 3.29. The van der Waals surface area contributed by atoms with E-state index in [0.717, 1.165) is 24.4 Å². The van der Waals surface area contributed by atoms with Crippen LogP contribution in [0.5, 0.6) is 0 Å². The molecule has 19 heavy (non-hydrogen) atoms. The normalized spacial score (nSPS) is 12.6. The van der Waals surface area contributed by atoms with Gasteiger partial charge in [0.1, 0.15) is 18.0 Å². The molecule has 0 amide bonds. The van der Waals surface area contributed by atoms with Gasteiger partial charge in [-0.2, -0.15) is 5.10 Å². The third kappa shape index (κ3) is 3.61. The first-order valence-electron chi connectivity index (χ1n) is 6.24. The van der Waals surface area contributed by atoms with Crippen molar-refractivity contribution in [2.24, 2.45) is 0 Å². The highest BCUT2D eigenvalue weighted by Crippen LogP contribution is 2.24. The standard InChI is InChI=1S/C13H16BrFN4/c1-2-6-16-11(13-17-8-18-19-13)7-9-4-3-5-10(15)12(9)14/h3-5,8,11,16H,2,6-7H2,1H3,(H,17,18,19). The Hall–Kier alpha value is -1.27. The topological polar surface area (TPSA) is 53.6 Å². The molecule has 1 aromatic carbocycles. The SMILES string of the molecule is CCCNC(Cc1cccc(F)c1Br)c1ncn[nH]1. The molecule has 0 saturated heterocycles. The molecule has 4 nitrogen and oxygen atoms in total. The van der Waals surface area contributed by atoms with Gasteiger partial charge in [-0.1, -0.05) is 19.1 Å². The number of aromatic amines is 1. The minimum absolute atomic E-state index is 0.000509. The maximum absolute atomic E-state index is 13.5. The summed E-state index contributed by atoms with van der Waals surface area (Å²) < 4.78 is 14.0. The molecule has 0 fully saturated rings. The molecule has 0 aliphatic carbocycles. The van der Waals surface area contributed by atoms with Crippen molar-refractivity contribution in [2.45, 2.75) is 25.8 Å². The molecule has 2 N–H and O–H groups in total. The van der Waals surface area contributed by atoms with Crippen molar-refractivity contribution < 1.29 is 4.39 Å². The van der Waals surface area contributed by atoms with Gasteiger partial charge in [0, 0.05) is 0 Å². The lowest BCUT2D eigenvalue weighted by molar-refractivity contribution is 0.503. The summed E-state index contributed by atoms with van der Waals surface area (Å²) in [5.41, 5.74) is 0.907. The van der Waals surface area contributed by atoms with Crippen LogP contribution in [0, 0.1) is 5.82 Å². The largest absolute Gasteiger partial charge is 0.307 e. The number of nitrogens with zero attached hydrogens (tertiary/aromatic N) is 2. The minimum Gasteiger partial charge on any atom is -0.307 e. The Morgan fingerprint density at radius 2 is 2.32 bits per heavy atom. The summed E-state index contributed by atoms with van der Waals surface area (Å²) in [6.45, 7) is 2.97. The van der Waals surface area contributed by atoms with Crippen LogP contribution in [0.25, 0.3) is 0 Å². The number of nitrogens with one attached hydrogen (secondary N) is 2. The van der Waals surface area contributed by atoms with Crippen LogP contribution >= 0.6 is 15.9 Å². The molecule has 0 radical (unpaired) electrons. The summed E-state index contributed by atoms with van der Waals surface area (Å²) in [4.78, 5) is 4.18. The smallest absolute Gasteiger partial charge is 0.141 e. The highest BCUT2D eigenvalue weighted by Gasteiger charge is 2.16. The molecule has 2 aromatic rings. The van der Waals surface area contributed by atoms with Gasteiger partial charge >= 0.3 is 0 Å². The van der Waals surface area contributed by atoms with E-state index in [1.54, 1.807) is 6.07 Å². The van der Waals surface area contributed by atoms with Crippen LogP contribution in [0.1, 0.15) is 30.8 Å². The van der Waals surface area contributed by atoms with Crippen molar-refractivity contribution in [3.8, 4) is 0 Å². The summed E-state index contributed by atoms with van der Waals surface area (Å²) in [5.74, 6) is 0.522. The minimum atomic E-state index is -0.246. The lowest BCUT2D eigenvalue weighted by atomic mass is 10.1. The number of rotatable bonds is 6. The van der Waals surface area contributed by atoms with E-state index in [-0.39, 0.29) is 11.9 Å². The molecule has 1 heterocycles. The van der Waals surface area contributed by atoms with Gasteiger partial charge in [0.05, 0.1) is 10.5 Å². The van der Waals surface area contributed by atoms with Crippen LogP contribution in [0.4, 0.5) is 4.39 Å². The van der Waals surface area contributed by atoms with E-state index in [4.69, 9.17) is 0 Å². The molecular formula is C13H16BrFN4. The lowest BCUT2D eigenvalue weighted by Gasteiger charge is -2.17. The lowest BCUT2D eigenvalue weighted by Crippen LogP contribution is -2.25. The zero-order chi connectivity index (χ0) is 13.7. The maximum Gasteiger partial charge on any atom is 0.141 e. The van der Waals surface area contributed by atoms with Gasteiger partial charge in [-0.25, -0.2) is 9.37 Å². The van der Waals surface area contributed by atoms with Crippen molar-refractivity contribution in [2.75, 3.05) is 6.54 Å². The van der Waals surface area contributed by atoms with Crippen LogP contribution in [-0.2, 0) is 6.42 Å². The van der Waals surface area contributed by atoms with Gasteiger partial charge in [0.15, 0.2) is 0 Å². The Bertz CT molecular complexity index is 515. The molecule has 2 rings (SSSR count). The first kappa shape index (κ1) is 14.1. The average Bonchev–Trinajstić information content (AvgIpc) is 2.93. The van der Waals surface area contributed by atoms with Crippen molar-refractivity contribution >= 4 is 15.9 Å². The maximum atomic E-state index is 13.5. The predicted octanol–water partition coefficient (Wildman–Crippen LogP) is 2.99. The van der Waals surface area contributed by atoms with Crippen LogP contribution in [0.15, 0.2) is 29.0 Å². The first-order valence-corrected chi connectivity index (χ1v) is 7.03. The molecule has 0 bridgehead atoms. The van der Waals surface area contributed by atoms with E-state index >= 15 is 0 Å². The quantitative estimate of drug-likeness (QED) is 0.858. The van der Waals surface area contributed by atoms with Gasteiger partial charge in [-0.05, 0) is 46.9 Å². The summed E-state index contributed by atoms with van der Waals surface area (Å²) in [7, 11) is 0. The van der Waals surface area contributed by atoms with Gasteiger partial charge in [0.25, 0.3) is 0 Å². The van der Waals surface area contributed by atoms with Gasteiger partial charge < -0.3 is 5.32 Å². The van der Waals surface area contributed by atoms with Gasteiger partial charge in [0.2, 0.25) is 0 Å². The van der Waals surface area contributed by atoms with Crippen LogP contribution in [-0.4, -0.2) is 21.7 Å². The molecule has 1 unspecified atom stereocenters. The Kier molecular flexibility index (Phi) is 5.04. The third-order valence-electron chi connectivity index (χ3n) is 2.86. The van der Waals surface area contributed by atoms with Crippen molar-refractivity contribution in [3.63, 3.8) is 0 Å². The fourth-order valence-electron chi connectivity index (χ4n) is 1.89. The summed E-state index contributed by atoms with van der Waals surface area (Å²) in [6.07, 6.45) is 3.15. The number of benzene rings is 1. The predicted molar refractivity (Wildman–Crippen MR) is 75.2 cm³/mol. The third-order valence-corrected chi connectivity index (χ3v) is 3.75. The monoisotopic (exact) mass is 326 g/mol. The van der Waals surface area contributed by atoms with E-state index in [9.17, 15) is 4.39 Å². The number of H-pyrrole nitrogens is 1. The van der Waals surface area contributed by atoms with Crippen molar-refractivity contribution in [1.82, 2.24) is 20.5 Å². The molecule has 1 aromatic heterocycles. The highest BCUT2D eigenvalue weighted by atomic mass is 79.9. The second kappa shape index (κ2) is 6.77. The molecule has 0 saturated carbocycles. The van der Waals surface area contributed by atoms with Gasteiger partial charge in [-0.3, -0.25) is 5.10 Å². The van der Waals surface area contributed by atoms with Crippen molar-refractivity contribution in [1.29, 1.82) is 0 Å². The van der Waals surface area contributed by atoms with Gasteiger partial charge in [-0.15, -0.1) is 0 Å². The number of hydrogen-bond acceptors (Lipinski definition) is 3. The van der Waals surface area contributed by atoms with Crippen LogP contribution in [0.2, 0.25) is 0 Å². The Balaban J connectivity index is 2.18. The van der Waals surface area contributed by atoms with E-state index < -0.39 is 0 Å². The Morgan fingerprint density at radius 1 is 1.47 bits per heavy atom. The van der Waals surface area contributed by atoms with Crippen molar-refractivity contribution in [3.05, 3.63) is 46.2 Å². The Labute approximate surface area is 120 Å². The molecule has 6 heteroatoms. The zero-order valence-corrected chi connectivity index (χ0v) is 12.2. The molecule has 102 valence electrons. The molecule has 0 spiro atoms. The van der Waals surface area contributed by atoms with E-state index in [1.807, 2.05) is 6.07 Å². The zero-order valence-electron chi connectivity index (χ0n) is 10.7. The number of halogens is 2. The summed E-state index contributed by atoms with van der Waals surface area (Å²) in [6, 6.07) is 5.06. The average molecular weight is 327 g/mol. The fraction of sp³-hybridized carbons (Fsp3) is 0.385. The first-order chi connectivity index (χ1) is 9.22. The number of aromatic nitrogens is 3. The summed E-state index contributed by atoms with van der Waals surface area (Å²) in [5, 5.41) is 10.1. The van der Waals surface area contributed by atoms with E-state index in [1.165, 1.54) is 12.4 Å². The molecular weight excluding hydrogens is 311 g/mol. The van der Waals surface area contributed by atoms with E-state index in [2.05, 4.69) is 43.4 Å². The Morgan fingerprint density at radius 3 is 3.00 bits per heavy atom. The van der Waals surface area contributed by atoms with E-state index in [0.29, 0.717) is 10.9 Å². The molecule has 0 aliphatic heterocycles. The van der Waals surface area contributed by atoms with Crippen LogP contribution in [0.3, 0.4) is 0 Å². The second-order valence-corrected chi connectivity index (χ2v) is 5.09.